The number of ketones is 1. The van der Waals surface area contributed by atoms with Gasteiger partial charge in [0.05, 0.1) is 5.52 Å². The Morgan fingerprint density at radius 1 is 1.00 bits per heavy atom. The highest BCUT2D eigenvalue weighted by atomic mass is 16.1. The zero-order valence-corrected chi connectivity index (χ0v) is 10.9. The quantitative estimate of drug-likeness (QED) is 0.678. The average Bonchev–Trinajstić information content (AvgIpc) is 2.84. The topological polar surface area (TPSA) is 47.8 Å². The molecule has 0 aliphatic heterocycles. The van der Waals surface area contributed by atoms with Crippen LogP contribution in [0.25, 0.3) is 16.9 Å². The minimum absolute atomic E-state index is 0.233. The molecule has 0 atom stereocenters. The molecule has 0 saturated carbocycles. The van der Waals surface area contributed by atoms with Crippen LogP contribution < -0.4 is 0 Å². The number of hydrogen-bond donors (Lipinski definition) is 0. The normalized spacial score (nSPS) is 14.5. The summed E-state index contributed by atoms with van der Waals surface area (Å²) in [6.45, 7) is 0. The number of aromatic nitrogens is 3. The van der Waals surface area contributed by atoms with Gasteiger partial charge in [0.15, 0.2) is 5.78 Å². The van der Waals surface area contributed by atoms with E-state index in [2.05, 4.69) is 9.97 Å². The number of rotatable bonds is 1. The molecular formula is C16H13N3O. The van der Waals surface area contributed by atoms with E-state index in [-0.39, 0.29) is 5.78 Å². The minimum atomic E-state index is 0.233. The van der Waals surface area contributed by atoms with Gasteiger partial charge in [0.2, 0.25) is 5.95 Å². The molecule has 1 aliphatic carbocycles. The van der Waals surface area contributed by atoms with E-state index in [0.717, 1.165) is 35.0 Å². The summed E-state index contributed by atoms with van der Waals surface area (Å²) in [5, 5.41) is 1.01. The third kappa shape index (κ3) is 1.51. The zero-order valence-electron chi connectivity index (χ0n) is 10.9. The molecule has 1 aromatic carbocycles. The Bertz CT molecular complexity index is 805. The van der Waals surface area contributed by atoms with E-state index >= 15 is 0 Å². The number of carbonyl (C=O) groups excluding carboxylic acids is 1. The molecule has 0 radical (unpaired) electrons. The molecule has 0 unspecified atom stereocenters. The lowest BCUT2D eigenvalue weighted by Gasteiger charge is -2.13. The van der Waals surface area contributed by atoms with Gasteiger partial charge in [0, 0.05) is 35.5 Å². The maximum atomic E-state index is 12.3. The van der Waals surface area contributed by atoms with Crippen LogP contribution in [-0.2, 0) is 6.42 Å². The second-order valence-electron chi connectivity index (χ2n) is 5.00. The highest BCUT2D eigenvalue weighted by Gasteiger charge is 2.26. The maximum absolute atomic E-state index is 12.3. The fourth-order valence-electron chi connectivity index (χ4n) is 3.02. The van der Waals surface area contributed by atoms with Crippen molar-refractivity contribution in [2.24, 2.45) is 0 Å². The molecule has 0 amide bonds. The first kappa shape index (κ1) is 11.3. The van der Waals surface area contributed by atoms with Crippen molar-refractivity contribution in [2.45, 2.75) is 19.3 Å². The van der Waals surface area contributed by atoms with E-state index in [1.807, 2.05) is 28.8 Å². The molecule has 3 aromatic rings. The lowest BCUT2D eigenvalue weighted by atomic mass is 9.94. The van der Waals surface area contributed by atoms with E-state index in [1.54, 1.807) is 18.5 Å². The fourth-order valence-corrected chi connectivity index (χ4v) is 3.02. The largest absolute Gasteiger partial charge is 0.294 e. The lowest BCUT2D eigenvalue weighted by Crippen LogP contribution is -2.13. The number of nitrogens with zero attached hydrogens (tertiary/aromatic N) is 3. The number of carbonyl (C=O) groups is 1. The van der Waals surface area contributed by atoms with Crippen LogP contribution in [-0.4, -0.2) is 20.3 Å². The molecule has 20 heavy (non-hydrogen) atoms. The molecule has 2 heterocycles. The number of benzene rings is 1. The predicted molar refractivity (Wildman–Crippen MR) is 76.1 cm³/mol. The summed E-state index contributed by atoms with van der Waals surface area (Å²) in [5.41, 5.74) is 2.92. The number of fused-ring (bicyclic) bond motifs is 3. The van der Waals surface area contributed by atoms with Crippen molar-refractivity contribution in [3.05, 3.63) is 54.0 Å². The smallest absolute Gasteiger partial charge is 0.234 e. The third-order valence-electron chi connectivity index (χ3n) is 3.82. The van der Waals surface area contributed by atoms with E-state index in [9.17, 15) is 4.79 Å². The Morgan fingerprint density at radius 3 is 2.65 bits per heavy atom. The Labute approximate surface area is 116 Å². The summed E-state index contributed by atoms with van der Waals surface area (Å²) in [4.78, 5) is 21.0. The molecule has 4 nitrogen and oxygen atoms in total. The first-order valence-corrected chi connectivity index (χ1v) is 6.79. The van der Waals surface area contributed by atoms with Gasteiger partial charge in [0.1, 0.15) is 0 Å². The van der Waals surface area contributed by atoms with Gasteiger partial charge in [-0.25, -0.2) is 9.97 Å². The van der Waals surface area contributed by atoms with Crippen LogP contribution in [0.3, 0.4) is 0 Å². The molecule has 0 saturated heterocycles. The zero-order chi connectivity index (χ0) is 13.5. The molecule has 4 heteroatoms. The number of para-hydroxylation sites is 1. The average molecular weight is 263 g/mol. The highest BCUT2D eigenvalue weighted by Crippen LogP contribution is 2.33. The summed E-state index contributed by atoms with van der Waals surface area (Å²) in [6.07, 6.45) is 5.89. The van der Waals surface area contributed by atoms with Gasteiger partial charge in [-0.05, 0) is 25.0 Å². The van der Waals surface area contributed by atoms with Crippen molar-refractivity contribution in [1.29, 1.82) is 0 Å². The summed E-state index contributed by atoms with van der Waals surface area (Å²) in [6, 6.07) is 9.79. The van der Waals surface area contributed by atoms with Crippen LogP contribution >= 0.6 is 0 Å². The first-order valence-electron chi connectivity index (χ1n) is 6.79. The van der Waals surface area contributed by atoms with Crippen LogP contribution in [0.5, 0.6) is 0 Å². The lowest BCUT2D eigenvalue weighted by molar-refractivity contribution is 0.0973. The van der Waals surface area contributed by atoms with Gasteiger partial charge in [-0.2, -0.15) is 0 Å². The molecule has 2 aromatic heterocycles. The van der Waals surface area contributed by atoms with Crippen molar-refractivity contribution in [3.63, 3.8) is 0 Å². The van der Waals surface area contributed by atoms with E-state index < -0.39 is 0 Å². The van der Waals surface area contributed by atoms with Crippen LogP contribution in [0.4, 0.5) is 0 Å². The predicted octanol–water partition coefficient (Wildman–Crippen LogP) is 2.94. The molecule has 0 spiro atoms. The fraction of sp³-hybridized carbons (Fsp3) is 0.188. The Kier molecular flexibility index (Phi) is 2.42. The van der Waals surface area contributed by atoms with E-state index in [4.69, 9.17) is 0 Å². The Morgan fingerprint density at radius 2 is 1.80 bits per heavy atom. The van der Waals surface area contributed by atoms with Gasteiger partial charge in [-0.1, -0.05) is 18.2 Å². The highest BCUT2D eigenvalue weighted by molar-refractivity contribution is 6.10. The second-order valence-corrected chi connectivity index (χ2v) is 5.00. The first-order chi connectivity index (χ1) is 9.86. The van der Waals surface area contributed by atoms with Crippen LogP contribution in [0, 0.1) is 0 Å². The van der Waals surface area contributed by atoms with Crippen LogP contribution in [0.1, 0.15) is 28.9 Å². The minimum Gasteiger partial charge on any atom is -0.294 e. The Balaban J connectivity index is 2.13. The van der Waals surface area contributed by atoms with Crippen molar-refractivity contribution < 1.29 is 4.79 Å². The Hall–Kier alpha value is -2.49. The number of Topliss-reactive ketones (excluding diaryl/α,β-unsaturated/α-hetero) is 1. The summed E-state index contributed by atoms with van der Waals surface area (Å²) in [7, 11) is 0. The molecule has 0 fully saturated rings. The molecule has 4 rings (SSSR count). The molecule has 0 N–H and O–H groups in total. The maximum Gasteiger partial charge on any atom is 0.234 e. The van der Waals surface area contributed by atoms with Crippen LogP contribution in [0.15, 0.2) is 42.7 Å². The van der Waals surface area contributed by atoms with Gasteiger partial charge >= 0.3 is 0 Å². The van der Waals surface area contributed by atoms with Gasteiger partial charge in [-0.3, -0.25) is 9.36 Å². The molecule has 98 valence electrons. The van der Waals surface area contributed by atoms with Crippen molar-refractivity contribution in [2.75, 3.05) is 0 Å². The number of hydrogen-bond acceptors (Lipinski definition) is 3. The standard InChI is InChI=1S/C16H13N3O/c20-14-8-3-7-13-15(14)11-5-1-2-6-12(11)19(13)16-17-9-4-10-18-16/h1-2,4-6,9-10H,3,7-8H2. The van der Waals surface area contributed by atoms with Gasteiger partial charge in [-0.15, -0.1) is 0 Å². The van der Waals surface area contributed by atoms with Crippen molar-refractivity contribution in [3.8, 4) is 5.95 Å². The molecule has 1 aliphatic rings. The third-order valence-corrected chi connectivity index (χ3v) is 3.82. The molecular weight excluding hydrogens is 250 g/mol. The molecule has 0 bridgehead atoms. The van der Waals surface area contributed by atoms with Crippen LogP contribution in [0.2, 0.25) is 0 Å². The van der Waals surface area contributed by atoms with Crippen molar-refractivity contribution >= 4 is 16.7 Å². The summed E-state index contributed by atoms with van der Waals surface area (Å²) in [5.74, 6) is 0.872. The van der Waals surface area contributed by atoms with Crippen molar-refractivity contribution in [1.82, 2.24) is 14.5 Å². The van der Waals surface area contributed by atoms with E-state index in [1.165, 1.54) is 0 Å². The second kappa shape index (κ2) is 4.27. The van der Waals surface area contributed by atoms with E-state index in [0.29, 0.717) is 12.4 Å². The van der Waals surface area contributed by atoms with Gasteiger partial charge in [0.25, 0.3) is 0 Å². The SMILES string of the molecule is O=C1CCCc2c1c1ccccc1n2-c1ncccn1. The summed E-state index contributed by atoms with van der Waals surface area (Å²) < 4.78 is 2.03. The monoisotopic (exact) mass is 263 g/mol. The summed E-state index contributed by atoms with van der Waals surface area (Å²) >= 11 is 0. The van der Waals surface area contributed by atoms with Gasteiger partial charge < -0.3 is 0 Å².